The Labute approximate surface area is 146 Å². The van der Waals surface area contributed by atoms with E-state index < -0.39 is 6.10 Å². The molecule has 0 saturated heterocycles. The van der Waals surface area contributed by atoms with Gasteiger partial charge < -0.3 is 20.5 Å². The molecule has 0 heterocycles. The summed E-state index contributed by atoms with van der Waals surface area (Å²) in [6, 6.07) is 16.3. The van der Waals surface area contributed by atoms with E-state index >= 15 is 0 Å². The minimum atomic E-state index is -0.776. The molecule has 0 aliphatic heterocycles. The van der Waals surface area contributed by atoms with E-state index in [9.17, 15) is 9.90 Å². The molecule has 0 spiro atoms. The monoisotopic (exact) mass is 348 g/mol. The summed E-state index contributed by atoms with van der Waals surface area (Å²) < 4.78 is 5.47. The Hall–Kier alpha value is -2.08. The molecule has 2 aromatic rings. The first kappa shape index (κ1) is 18.3. The van der Waals surface area contributed by atoms with Crippen LogP contribution in [0.5, 0.6) is 0 Å². The average molecular weight is 349 g/mol. The van der Waals surface area contributed by atoms with Crippen molar-refractivity contribution in [3.63, 3.8) is 0 Å². The van der Waals surface area contributed by atoms with E-state index in [0.29, 0.717) is 30.3 Å². The Balaban J connectivity index is 1.57. The zero-order chi connectivity index (χ0) is 17.2. The van der Waals surface area contributed by atoms with Crippen molar-refractivity contribution in [2.75, 3.05) is 19.7 Å². The van der Waals surface area contributed by atoms with Crippen molar-refractivity contribution in [2.45, 2.75) is 12.7 Å². The van der Waals surface area contributed by atoms with Gasteiger partial charge in [-0.25, -0.2) is 4.79 Å². The van der Waals surface area contributed by atoms with Gasteiger partial charge in [-0.05, 0) is 23.3 Å². The van der Waals surface area contributed by atoms with Gasteiger partial charge in [-0.2, -0.15) is 0 Å². The van der Waals surface area contributed by atoms with Crippen LogP contribution in [-0.2, 0) is 11.3 Å². The SMILES string of the molecule is O=C(NCCOCc1ccccc1)NCC(O)c1ccc(Cl)cc1. The van der Waals surface area contributed by atoms with E-state index in [1.807, 2.05) is 30.3 Å². The number of hydrogen-bond acceptors (Lipinski definition) is 3. The van der Waals surface area contributed by atoms with Crippen LogP contribution in [0.4, 0.5) is 4.79 Å². The molecule has 0 aromatic heterocycles. The Bertz CT molecular complexity index is 620. The van der Waals surface area contributed by atoms with Crippen LogP contribution in [0.25, 0.3) is 0 Å². The lowest BCUT2D eigenvalue weighted by Gasteiger charge is -2.13. The highest BCUT2D eigenvalue weighted by atomic mass is 35.5. The van der Waals surface area contributed by atoms with Gasteiger partial charge in [0, 0.05) is 18.1 Å². The maximum atomic E-state index is 11.7. The van der Waals surface area contributed by atoms with Gasteiger partial charge in [0.05, 0.1) is 19.3 Å². The molecule has 0 aliphatic rings. The molecule has 6 heteroatoms. The number of nitrogens with one attached hydrogen (secondary N) is 2. The first-order chi connectivity index (χ1) is 11.6. The fourth-order valence-corrected chi connectivity index (χ4v) is 2.18. The van der Waals surface area contributed by atoms with Crippen molar-refractivity contribution >= 4 is 17.6 Å². The van der Waals surface area contributed by atoms with Crippen LogP contribution in [-0.4, -0.2) is 30.8 Å². The lowest BCUT2D eigenvalue weighted by molar-refractivity contribution is 0.123. The van der Waals surface area contributed by atoms with Gasteiger partial charge in [-0.3, -0.25) is 0 Å². The highest BCUT2D eigenvalue weighted by Crippen LogP contribution is 2.15. The Kier molecular flexibility index (Phi) is 7.55. The van der Waals surface area contributed by atoms with Crippen LogP contribution < -0.4 is 10.6 Å². The summed E-state index contributed by atoms with van der Waals surface area (Å²) in [5.41, 5.74) is 1.79. The van der Waals surface area contributed by atoms with E-state index in [1.165, 1.54) is 0 Å². The molecule has 0 fully saturated rings. The van der Waals surface area contributed by atoms with Crippen molar-refractivity contribution in [2.24, 2.45) is 0 Å². The van der Waals surface area contributed by atoms with Gasteiger partial charge in [-0.1, -0.05) is 54.1 Å². The molecule has 2 amide bonds. The van der Waals surface area contributed by atoms with E-state index in [2.05, 4.69) is 10.6 Å². The van der Waals surface area contributed by atoms with Crippen molar-refractivity contribution in [3.05, 3.63) is 70.7 Å². The second kappa shape index (κ2) is 9.93. The quantitative estimate of drug-likeness (QED) is 0.642. The highest BCUT2D eigenvalue weighted by Gasteiger charge is 2.09. The third kappa shape index (κ3) is 6.58. The maximum Gasteiger partial charge on any atom is 0.314 e. The Morgan fingerprint density at radius 3 is 2.50 bits per heavy atom. The minimum absolute atomic E-state index is 0.123. The van der Waals surface area contributed by atoms with Gasteiger partial charge in [0.2, 0.25) is 0 Å². The molecule has 0 aliphatic carbocycles. The fraction of sp³-hybridized carbons (Fsp3) is 0.278. The van der Waals surface area contributed by atoms with Crippen LogP contribution in [0.1, 0.15) is 17.2 Å². The van der Waals surface area contributed by atoms with Gasteiger partial charge >= 0.3 is 6.03 Å². The smallest absolute Gasteiger partial charge is 0.314 e. The summed E-state index contributed by atoms with van der Waals surface area (Å²) in [5.74, 6) is 0. The lowest BCUT2D eigenvalue weighted by Crippen LogP contribution is -2.39. The number of aliphatic hydroxyl groups excluding tert-OH is 1. The second-order valence-electron chi connectivity index (χ2n) is 5.24. The molecule has 128 valence electrons. The number of rotatable bonds is 8. The molecular weight excluding hydrogens is 328 g/mol. The number of hydrogen-bond donors (Lipinski definition) is 3. The van der Waals surface area contributed by atoms with Crippen molar-refractivity contribution in [1.82, 2.24) is 10.6 Å². The van der Waals surface area contributed by atoms with E-state index in [0.717, 1.165) is 5.56 Å². The molecule has 0 saturated carbocycles. The Morgan fingerprint density at radius 2 is 1.79 bits per heavy atom. The highest BCUT2D eigenvalue weighted by molar-refractivity contribution is 6.30. The average Bonchev–Trinajstić information content (AvgIpc) is 2.61. The number of urea groups is 1. The van der Waals surface area contributed by atoms with Crippen molar-refractivity contribution in [1.29, 1.82) is 0 Å². The Morgan fingerprint density at radius 1 is 1.08 bits per heavy atom. The molecule has 2 aromatic carbocycles. The summed E-state index contributed by atoms with van der Waals surface area (Å²) in [4.78, 5) is 11.7. The predicted molar refractivity (Wildman–Crippen MR) is 93.9 cm³/mol. The number of carbonyl (C=O) groups is 1. The third-order valence-electron chi connectivity index (χ3n) is 3.35. The van der Waals surface area contributed by atoms with E-state index in [1.54, 1.807) is 24.3 Å². The van der Waals surface area contributed by atoms with Crippen LogP contribution >= 0.6 is 11.6 Å². The van der Waals surface area contributed by atoms with Crippen LogP contribution in [0, 0.1) is 0 Å². The fourth-order valence-electron chi connectivity index (χ4n) is 2.06. The summed E-state index contributed by atoms with van der Waals surface area (Å²) in [6.45, 7) is 1.45. The third-order valence-corrected chi connectivity index (χ3v) is 3.61. The summed E-state index contributed by atoms with van der Waals surface area (Å²) in [7, 11) is 0. The summed E-state index contributed by atoms with van der Waals surface area (Å²) in [5, 5.41) is 15.9. The van der Waals surface area contributed by atoms with Crippen molar-refractivity contribution < 1.29 is 14.6 Å². The zero-order valence-electron chi connectivity index (χ0n) is 13.2. The molecule has 1 unspecified atom stereocenters. The van der Waals surface area contributed by atoms with Crippen molar-refractivity contribution in [3.8, 4) is 0 Å². The van der Waals surface area contributed by atoms with Crippen LogP contribution in [0.3, 0.4) is 0 Å². The number of carbonyl (C=O) groups excluding carboxylic acids is 1. The number of halogens is 1. The molecule has 2 rings (SSSR count). The molecule has 0 radical (unpaired) electrons. The van der Waals surface area contributed by atoms with Gasteiger partial charge in [0.15, 0.2) is 0 Å². The normalized spacial score (nSPS) is 11.8. The largest absolute Gasteiger partial charge is 0.387 e. The molecule has 3 N–H and O–H groups in total. The number of aliphatic hydroxyl groups is 1. The van der Waals surface area contributed by atoms with E-state index in [4.69, 9.17) is 16.3 Å². The summed E-state index contributed by atoms with van der Waals surface area (Å²) >= 11 is 5.79. The zero-order valence-corrected chi connectivity index (χ0v) is 14.0. The van der Waals surface area contributed by atoms with E-state index in [-0.39, 0.29) is 12.6 Å². The molecule has 5 nitrogen and oxygen atoms in total. The minimum Gasteiger partial charge on any atom is -0.387 e. The molecular formula is C18H21ClN2O3. The summed E-state index contributed by atoms with van der Waals surface area (Å²) in [6.07, 6.45) is -0.776. The second-order valence-corrected chi connectivity index (χ2v) is 5.68. The molecule has 1 atom stereocenters. The van der Waals surface area contributed by atoms with Crippen LogP contribution in [0.15, 0.2) is 54.6 Å². The predicted octanol–water partition coefficient (Wildman–Crippen LogP) is 2.89. The maximum absolute atomic E-state index is 11.7. The first-order valence-corrected chi connectivity index (χ1v) is 8.10. The number of ether oxygens (including phenoxy) is 1. The van der Waals surface area contributed by atoms with Crippen LogP contribution in [0.2, 0.25) is 5.02 Å². The first-order valence-electron chi connectivity index (χ1n) is 7.72. The standard InChI is InChI=1S/C18H21ClN2O3/c19-16-8-6-15(7-9-16)17(22)12-21-18(23)20-10-11-24-13-14-4-2-1-3-5-14/h1-9,17,22H,10-13H2,(H2,20,21,23). The number of benzene rings is 2. The molecule has 0 bridgehead atoms. The number of amides is 2. The van der Waals surface area contributed by atoms with Gasteiger partial charge in [-0.15, -0.1) is 0 Å². The molecule has 24 heavy (non-hydrogen) atoms. The topological polar surface area (TPSA) is 70.6 Å². The van der Waals surface area contributed by atoms with Gasteiger partial charge in [0.25, 0.3) is 0 Å². The lowest BCUT2D eigenvalue weighted by atomic mass is 10.1. The van der Waals surface area contributed by atoms with Gasteiger partial charge in [0.1, 0.15) is 0 Å².